The minimum atomic E-state index is -3.60. The number of tetrazole rings is 1. The summed E-state index contributed by atoms with van der Waals surface area (Å²) in [5.74, 6) is 0.203. The Bertz CT molecular complexity index is 943. The maximum Gasteiger partial charge on any atom is 0.204 e. The van der Waals surface area contributed by atoms with Crippen molar-refractivity contribution in [2.75, 3.05) is 0 Å². The SMILES string of the molecule is O=S(=O)(Cc1cccc(-c2nn[nH]n2)c1)c1ccc(Cl)cc1Cl. The minimum Gasteiger partial charge on any atom is -0.223 e. The molecule has 0 saturated heterocycles. The Hall–Kier alpha value is -1.96. The molecule has 0 amide bonds. The van der Waals surface area contributed by atoms with E-state index >= 15 is 0 Å². The zero-order valence-corrected chi connectivity index (χ0v) is 13.9. The third-order valence-corrected chi connectivity index (χ3v) is 5.52. The van der Waals surface area contributed by atoms with E-state index < -0.39 is 9.84 Å². The molecule has 3 aromatic rings. The summed E-state index contributed by atoms with van der Waals surface area (Å²) in [6.45, 7) is 0. The number of nitrogens with zero attached hydrogens (tertiary/aromatic N) is 3. The molecule has 1 aromatic heterocycles. The Morgan fingerprint density at radius 2 is 1.91 bits per heavy atom. The van der Waals surface area contributed by atoms with Crippen molar-refractivity contribution >= 4 is 33.0 Å². The Balaban J connectivity index is 1.93. The Morgan fingerprint density at radius 3 is 2.61 bits per heavy atom. The fourth-order valence-corrected chi connectivity index (χ4v) is 4.28. The summed E-state index contributed by atoms with van der Waals surface area (Å²) >= 11 is 11.8. The van der Waals surface area contributed by atoms with Gasteiger partial charge in [0.15, 0.2) is 9.84 Å². The molecule has 0 saturated carbocycles. The molecule has 0 bridgehead atoms. The van der Waals surface area contributed by atoms with Crippen LogP contribution in [0.15, 0.2) is 47.4 Å². The van der Waals surface area contributed by atoms with Gasteiger partial charge in [-0.2, -0.15) is 5.21 Å². The molecule has 6 nitrogen and oxygen atoms in total. The van der Waals surface area contributed by atoms with Crippen molar-refractivity contribution in [2.24, 2.45) is 0 Å². The first-order valence-electron chi connectivity index (χ1n) is 6.46. The molecule has 0 spiro atoms. The molecule has 118 valence electrons. The molecule has 0 aliphatic carbocycles. The predicted octanol–water partition coefficient (Wildman–Crippen LogP) is 3.15. The van der Waals surface area contributed by atoms with Gasteiger partial charge in [0.2, 0.25) is 5.82 Å². The third-order valence-electron chi connectivity index (χ3n) is 3.12. The van der Waals surface area contributed by atoms with Gasteiger partial charge in [0.25, 0.3) is 0 Å². The average molecular weight is 369 g/mol. The third kappa shape index (κ3) is 3.52. The lowest BCUT2D eigenvalue weighted by molar-refractivity contribution is 0.595. The maximum atomic E-state index is 12.6. The molecule has 1 N–H and O–H groups in total. The van der Waals surface area contributed by atoms with Crippen molar-refractivity contribution in [3.63, 3.8) is 0 Å². The predicted molar refractivity (Wildman–Crippen MR) is 87.0 cm³/mol. The molecule has 9 heteroatoms. The molecule has 0 aliphatic heterocycles. The van der Waals surface area contributed by atoms with Crippen LogP contribution in [0.25, 0.3) is 11.4 Å². The first-order valence-corrected chi connectivity index (χ1v) is 8.87. The van der Waals surface area contributed by atoms with E-state index in [1.54, 1.807) is 24.3 Å². The zero-order valence-electron chi connectivity index (χ0n) is 11.6. The number of sulfone groups is 1. The number of aromatic amines is 1. The first kappa shape index (κ1) is 15.9. The summed E-state index contributed by atoms with van der Waals surface area (Å²) in [6.07, 6.45) is 0. The second-order valence-electron chi connectivity index (χ2n) is 4.77. The number of nitrogens with one attached hydrogen (secondary N) is 1. The van der Waals surface area contributed by atoms with E-state index in [-0.39, 0.29) is 15.7 Å². The molecule has 0 radical (unpaired) electrons. The zero-order chi connectivity index (χ0) is 16.4. The van der Waals surface area contributed by atoms with Gasteiger partial charge < -0.3 is 0 Å². The summed E-state index contributed by atoms with van der Waals surface area (Å²) in [5.41, 5.74) is 1.27. The van der Waals surface area contributed by atoms with Crippen molar-refractivity contribution in [3.8, 4) is 11.4 Å². The maximum absolute atomic E-state index is 12.6. The fourth-order valence-electron chi connectivity index (χ4n) is 2.11. The van der Waals surface area contributed by atoms with Gasteiger partial charge in [-0.3, -0.25) is 0 Å². The first-order chi connectivity index (χ1) is 11.0. The van der Waals surface area contributed by atoms with Crippen LogP contribution in [0, 0.1) is 0 Å². The largest absolute Gasteiger partial charge is 0.223 e. The number of H-pyrrole nitrogens is 1. The quantitative estimate of drug-likeness (QED) is 0.763. The minimum absolute atomic E-state index is 0.0496. The van der Waals surface area contributed by atoms with Crippen LogP contribution in [0.4, 0.5) is 0 Å². The van der Waals surface area contributed by atoms with Crippen LogP contribution in [0.1, 0.15) is 5.56 Å². The van der Waals surface area contributed by atoms with Crippen LogP contribution < -0.4 is 0 Å². The van der Waals surface area contributed by atoms with Crippen LogP contribution in [0.5, 0.6) is 0 Å². The molecule has 23 heavy (non-hydrogen) atoms. The summed E-state index contributed by atoms with van der Waals surface area (Å²) in [5, 5.41) is 14.1. The smallest absolute Gasteiger partial charge is 0.204 e. The Morgan fingerprint density at radius 1 is 1.09 bits per heavy atom. The van der Waals surface area contributed by atoms with Crippen molar-refractivity contribution in [2.45, 2.75) is 10.6 Å². The van der Waals surface area contributed by atoms with Crippen molar-refractivity contribution in [3.05, 3.63) is 58.1 Å². The Kier molecular flexibility index (Phi) is 4.34. The highest BCUT2D eigenvalue weighted by atomic mass is 35.5. The lowest BCUT2D eigenvalue weighted by Crippen LogP contribution is -2.06. The molecule has 0 aliphatic rings. The Labute approximate surface area is 142 Å². The highest BCUT2D eigenvalue weighted by Gasteiger charge is 2.19. The van der Waals surface area contributed by atoms with Crippen LogP contribution in [-0.4, -0.2) is 29.0 Å². The summed E-state index contributed by atoms with van der Waals surface area (Å²) in [6, 6.07) is 11.2. The van der Waals surface area contributed by atoms with Crippen molar-refractivity contribution < 1.29 is 8.42 Å². The fraction of sp³-hybridized carbons (Fsp3) is 0.0714. The standard InChI is InChI=1S/C14H10Cl2N4O2S/c15-11-4-5-13(12(16)7-11)23(21,22)8-9-2-1-3-10(6-9)14-17-19-20-18-14/h1-7H,8H2,(H,17,18,19,20). The molecule has 2 aromatic carbocycles. The highest BCUT2D eigenvalue weighted by molar-refractivity contribution is 7.90. The van der Waals surface area contributed by atoms with Gasteiger partial charge in [-0.25, -0.2) is 8.42 Å². The molecule has 0 unspecified atom stereocenters. The lowest BCUT2D eigenvalue weighted by Gasteiger charge is -2.08. The van der Waals surface area contributed by atoms with E-state index in [1.165, 1.54) is 18.2 Å². The summed E-state index contributed by atoms with van der Waals surface area (Å²) in [7, 11) is -3.60. The molecule has 0 fully saturated rings. The lowest BCUT2D eigenvalue weighted by atomic mass is 10.1. The van der Waals surface area contributed by atoms with Gasteiger partial charge in [-0.05, 0) is 35.0 Å². The van der Waals surface area contributed by atoms with Gasteiger partial charge in [0.05, 0.1) is 15.7 Å². The van der Waals surface area contributed by atoms with Crippen LogP contribution in [-0.2, 0) is 15.6 Å². The number of aromatic nitrogens is 4. The number of hydrogen-bond donors (Lipinski definition) is 1. The molecule has 0 atom stereocenters. The summed E-state index contributed by atoms with van der Waals surface area (Å²) in [4.78, 5) is 0.0496. The van der Waals surface area contributed by atoms with E-state index in [2.05, 4.69) is 20.6 Å². The van der Waals surface area contributed by atoms with Gasteiger partial charge >= 0.3 is 0 Å². The highest BCUT2D eigenvalue weighted by Crippen LogP contribution is 2.28. The van der Waals surface area contributed by atoms with Gasteiger partial charge in [-0.1, -0.05) is 41.4 Å². The van der Waals surface area contributed by atoms with Gasteiger partial charge in [-0.15, -0.1) is 10.2 Å². The van der Waals surface area contributed by atoms with E-state index in [1.807, 2.05) is 0 Å². The summed E-state index contributed by atoms with van der Waals surface area (Å²) < 4.78 is 25.1. The van der Waals surface area contributed by atoms with Gasteiger partial charge in [0, 0.05) is 10.6 Å². The van der Waals surface area contributed by atoms with Crippen LogP contribution >= 0.6 is 23.2 Å². The number of benzene rings is 2. The second kappa shape index (κ2) is 6.27. The van der Waals surface area contributed by atoms with Crippen molar-refractivity contribution in [1.82, 2.24) is 20.6 Å². The second-order valence-corrected chi connectivity index (χ2v) is 7.57. The topological polar surface area (TPSA) is 88.6 Å². The van der Waals surface area contributed by atoms with Gasteiger partial charge in [0.1, 0.15) is 0 Å². The molecular weight excluding hydrogens is 359 g/mol. The van der Waals surface area contributed by atoms with E-state index in [0.717, 1.165) is 0 Å². The number of rotatable bonds is 4. The molecule has 3 rings (SSSR count). The van der Waals surface area contributed by atoms with E-state index in [9.17, 15) is 8.42 Å². The monoisotopic (exact) mass is 368 g/mol. The number of hydrogen-bond acceptors (Lipinski definition) is 5. The number of halogens is 2. The van der Waals surface area contributed by atoms with Crippen LogP contribution in [0.2, 0.25) is 10.0 Å². The van der Waals surface area contributed by atoms with Crippen LogP contribution in [0.3, 0.4) is 0 Å². The average Bonchev–Trinajstić information content (AvgIpc) is 3.00. The van der Waals surface area contributed by atoms with E-state index in [4.69, 9.17) is 23.2 Å². The van der Waals surface area contributed by atoms with E-state index in [0.29, 0.717) is 22.0 Å². The molecular formula is C14H10Cl2N4O2S. The van der Waals surface area contributed by atoms with Crippen molar-refractivity contribution in [1.29, 1.82) is 0 Å². The molecule has 1 heterocycles. The normalized spacial score (nSPS) is 11.6.